The summed E-state index contributed by atoms with van der Waals surface area (Å²) in [7, 11) is -3.15. The van der Waals surface area contributed by atoms with Crippen LogP contribution in [-0.4, -0.2) is 72.2 Å². The highest BCUT2D eigenvalue weighted by Gasteiger charge is 2.48. The monoisotopic (exact) mass is 483 g/mol. The number of thioether (sulfide) groups is 1. The van der Waals surface area contributed by atoms with E-state index in [-0.39, 0.29) is 36.1 Å². The van der Waals surface area contributed by atoms with Gasteiger partial charge < -0.3 is 24.4 Å². The Bertz CT molecular complexity index is 1070. The number of nitrogens with one attached hydrogen (secondary N) is 1. The third-order valence-corrected chi connectivity index (χ3v) is 8.22. The van der Waals surface area contributed by atoms with Crippen LogP contribution in [0.1, 0.15) is 26.3 Å². The molecule has 1 N–H and O–H groups in total. The Morgan fingerprint density at radius 1 is 1.25 bits per heavy atom. The second kappa shape index (κ2) is 8.47. The molecule has 32 heavy (non-hydrogen) atoms. The third kappa shape index (κ3) is 5.29. The maximum absolute atomic E-state index is 12.4. The van der Waals surface area contributed by atoms with Gasteiger partial charge in [0.15, 0.2) is 26.5 Å². The molecule has 2 atom stereocenters. The summed E-state index contributed by atoms with van der Waals surface area (Å²) >= 11 is 1.28. The van der Waals surface area contributed by atoms with Crippen LogP contribution < -0.4 is 14.8 Å². The molecular formula is C20H25N3O7S2. The van der Waals surface area contributed by atoms with E-state index < -0.39 is 27.4 Å². The SMILES string of the molecule is CC(C)(C)OC(=O)NCC(=O)N=C1S[C@@H]2CS(=O)(=O)C[C@H]2N1Cc1ccc2c(c1)OCO2. The number of ether oxygens (including phenoxy) is 3. The van der Waals surface area contributed by atoms with Crippen molar-refractivity contribution in [1.29, 1.82) is 0 Å². The van der Waals surface area contributed by atoms with E-state index in [9.17, 15) is 18.0 Å². The Morgan fingerprint density at radius 2 is 2.00 bits per heavy atom. The van der Waals surface area contributed by atoms with Crippen LogP contribution >= 0.6 is 11.8 Å². The van der Waals surface area contributed by atoms with E-state index in [1.54, 1.807) is 26.8 Å². The van der Waals surface area contributed by atoms with Crippen molar-refractivity contribution < 1.29 is 32.2 Å². The summed E-state index contributed by atoms with van der Waals surface area (Å²) in [5.41, 5.74) is 0.205. The molecule has 0 aliphatic carbocycles. The number of rotatable bonds is 4. The van der Waals surface area contributed by atoms with Crippen molar-refractivity contribution in [3.63, 3.8) is 0 Å². The number of aliphatic imine (C=N–C) groups is 1. The summed E-state index contributed by atoms with van der Waals surface area (Å²) in [5, 5.41) is 2.65. The lowest BCUT2D eigenvalue weighted by Gasteiger charge is -2.24. The molecule has 1 aromatic carbocycles. The number of hydrogen-bond donors (Lipinski definition) is 1. The first-order valence-electron chi connectivity index (χ1n) is 10.1. The van der Waals surface area contributed by atoms with Crippen LogP contribution in [0.25, 0.3) is 0 Å². The summed E-state index contributed by atoms with van der Waals surface area (Å²) in [6, 6.07) is 5.24. The Morgan fingerprint density at radius 3 is 2.75 bits per heavy atom. The van der Waals surface area contributed by atoms with Crippen molar-refractivity contribution in [1.82, 2.24) is 10.2 Å². The summed E-state index contributed by atoms with van der Waals surface area (Å²) in [5.74, 6) is 0.795. The molecule has 0 bridgehead atoms. The topological polar surface area (TPSA) is 124 Å². The number of amidine groups is 1. The van der Waals surface area contributed by atoms with Crippen LogP contribution in [0, 0.1) is 0 Å². The quantitative estimate of drug-likeness (QED) is 0.679. The summed E-state index contributed by atoms with van der Waals surface area (Å²) in [6.45, 7) is 5.39. The van der Waals surface area contributed by atoms with Crippen LogP contribution in [0.15, 0.2) is 23.2 Å². The number of carbonyl (C=O) groups excluding carboxylic acids is 2. The van der Waals surface area contributed by atoms with E-state index in [4.69, 9.17) is 14.2 Å². The van der Waals surface area contributed by atoms with Crippen LogP contribution in [-0.2, 0) is 25.9 Å². The van der Waals surface area contributed by atoms with Gasteiger partial charge in [0.2, 0.25) is 6.79 Å². The molecule has 2 saturated heterocycles. The van der Waals surface area contributed by atoms with Gasteiger partial charge in [-0.25, -0.2) is 13.2 Å². The lowest BCUT2D eigenvalue weighted by molar-refractivity contribution is -0.117. The van der Waals surface area contributed by atoms with Gasteiger partial charge in [-0.05, 0) is 38.5 Å². The van der Waals surface area contributed by atoms with Gasteiger partial charge in [-0.3, -0.25) is 4.79 Å². The minimum atomic E-state index is -3.15. The van der Waals surface area contributed by atoms with Gasteiger partial charge in [0.05, 0.1) is 17.5 Å². The Labute approximate surface area is 190 Å². The number of fused-ring (bicyclic) bond motifs is 2. The number of carbonyl (C=O) groups is 2. The molecule has 3 aliphatic rings. The first-order chi connectivity index (χ1) is 15.0. The molecule has 0 saturated carbocycles. The summed E-state index contributed by atoms with van der Waals surface area (Å²) in [4.78, 5) is 30.2. The smallest absolute Gasteiger partial charge is 0.408 e. The van der Waals surface area contributed by atoms with Gasteiger partial charge in [-0.1, -0.05) is 17.8 Å². The summed E-state index contributed by atoms with van der Waals surface area (Å²) < 4.78 is 40.2. The molecule has 4 rings (SSSR count). The lowest BCUT2D eigenvalue weighted by atomic mass is 10.1. The van der Waals surface area contributed by atoms with Gasteiger partial charge in [0.25, 0.3) is 5.91 Å². The van der Waals surface area contributed by atoms with Crippen molar-refractivity contribution in [2.45, 2.75) is 44.2 Å². The third-order valence-electron chi connectivity index (χ3n) is 4.97. The minimum absolute atomic E-state index is 0.0125. The fraction of sp³-hybridized carbons (Fsp3) is 0.550. The average molecular weight is 484 g/mol. The van der Waals surface area contributed by atoms with Gasteiger partial charge in [0.1, 0.15) is 12.1 Å². The molecule has 12 heteroatoms. The number of sulfone groups is 1. The lowest BCUT2D eigenvalue weighted by Crippen LogP contribution is -2.38. The standard InChI is InChI=1S/C20H25N3O7S2/c1-20(2,3)30-19(25)21-7-17(24)22-18-23(13-9-32(26,27)10-16(13)31-18)8-12-4-5-14-15(6-12)29-11-28-14/h4-6,13,16H,7-11H2,1-3H3,(H,21,25)/t13-,16-/m1/s1. The maximum atomic E-state index is 12.4. The van der Waals surface area contributed by atoms with Gasteiger partial charge in [0, 0.05) is 11.8 Å². The molecule has 174 valence electrons. The molecule has 3 heterocycles. The minimum Gasteiger partial charge on any atom is -0.454 e. The van der Waals surface area contributed by atoms with E-state index in [2.05, 4.69) is 10.3 Å². The molecule has 10 nitrogen and oxygen atoms in total. The second-order valence-corrected chi connectivity index (χ2v) is 12.1. The van der Waals surface area contributed by atoms with Crippen LogP contribution in [0.2, 0.25) is 0 Å². The van der Waals surface area contributed by atoms with Gasteiger partial charge >= 0.3 is 6.09 Å². The highest BCUT2D eigenvalue weighted by molar-refractivity contribution is 8.15. The number of benzene rings is 1. The number of alkyl carbamates (subject to hydrolysis) is 1. The van der Waals surface area contributed by atoms with Gasteiger partial charge in [-0.15, -0.1) is 0 Å². The molecule has 0 unspecified atom stereocenters. The van der Waals surface area contributed by atoms with E-state index in [1.165, 1.54) is 11.8 Å². The van der Waals surface area contributed by atoms with Crippen LogP contribution in [0.4, 0.5) is 4.79 Å². The predicted molar refractivity (Wildman–Crippen MR) is 119 cm³/mol. The molecule has 1 aromatic rings. The first-order valence-corrected chi connectivity index (χ1v) is 12.8. The van der Waals surface area contributed by atoms with E-state index >= 15 is 0 Å². The Hall–Kier alpha value is -2.47. The molecule has 2 amide bonds. The Balaban J connectivity index is 1.48. The highest BCUT2D eigenvalue weighted by atomic mass is 32.2. The second-order valence-electron chi connectivity index (χ2n) is 8.76. The predicted octanol–water partition coefficient (Wildman–Crippen LogP) is 1.54. The molecule has 0 aromatic heterocycles. The molecule has 0 radical (unpaired) electrons. The van der Waals surface area contributed by atoms with Crippen molar-refractivity contribution in [2.24, 2.45) is 4.99 Å². The van der Waals surface area contributed by atoms with Crippen molar-refractivity contribution >= 4 is 38.8 Å². The average Bonchev–Trinajstić information content (AvgIpc) is 3.32. The molecule has 0 spiro atoms. The Kier molecular flexibility index (Phi) is 6.01. The fourth-order valence-electron chi connectivity index (χ4n) is 3.66. The highest BCUT2D eigenvalue weighted by Crippen LogP contribution is 2.40. The zero-order valence-electron chi connectivity index (χ0n) is 18.0. The van der Waals surface area contributed by atoms with Crippen molar-refractivity contribution in [3.8, 4) is 11.5 Å². The first kappa shape index (κ1) is 22.7. The molecular weight excluding hydrogens is 458 g/mol. The number of nitrogens with zero attached hydrogens (tertiary/aromatic N) is 2. The van der Waals surface area contributed by atoms with Gasteiger partial charge in [-0.2, -0.15) is 4.99 Å². The number of hydrogen-bond acceptors (Lipinski definition) is 8. The number of amides is 2. The zero-order valence-corrected chi connectivity index (χ0v) is 19.6. The van der Waals surface area contributed by atoms with Crippen LogP contribution in [0.3, 0.4) is 0 Å². The van der Waals surface area contributed by atoms with E-state index in [1.807, 2.05) is 17.0 Å². The van der Waals surface area contributed by atoms with Crippen molar-refractivity contribution in [2.75, 3.05) is 24.8 Å². The molecule has 3 aliphatic heterocycles. The zero-order chi connectivity index (χ0) is 23.1. The summed E-state index contributed by atoms with van der Waals surface area (Å²) in [6.07, 6.45) is -0.703. The largest absolute Gasteiger partial charge is 0.454 e. The normalized spacial score (nSPS) is 24.5. The molecule has 2 fully saturated rings. The maximum Gasteiger partial charge on any atom is 0.408 e. The van der Waals surface area contributed by atoms with E-state index in [0.29, 0.717) is 23.2 Å². The van der Waals surface area contributed by atoms with E-state index in [0.717, 1.165) is 5.56 Å². The van der Waals surface area contributed by atoms with Crippen LogP contribution in [0.5, 0.6) is 11.5 Å². The fourth-order valence-corrected chi connectivity index (χ4v) is 7.63. The van der Waals surface area contributed by atoms with Crippen molar-refractivity contribution in [3.05, 3.63) is 23.8 Å².